The summed E-state index contributed by atoms with van der Waals surface area (Å²) in [5.41, 5.74) is 1.66. The summed E-state index contributed by atoms with van der Waals surface area (Å²) in [4.78, 5) is 15.2. The van der Waals surface area contributed by atoms with Crippen molar-refractivity contribution in [3.05, 3.63) is 59.7 Å². The lowest BCUT2D eigenvalue weighted by Gasteiger charge is -2.31. The van der Waals surface area contributed by atoms with Gasteiger partial charge in [-0.05, 0) is 23.8 Å². The highest BCUT2D eigenvalue weighted by atomic mass is 16.6. The van der Waals surface area contributed by atoms with Crippen LogP contribution >= 0.6 is 0 Å². The van der Waals surface area contributed by atoms with Crippen molar-refractivity contribution >= 4 is 5.91 Å². The third-order valence-corrected chi connectivity index (χ3v) is 4.86. The van der Waals surface area contributed by atoms with Crippen LogP contribution in [-0.2, 0) is 4.74 Å². The zero-order chi connectivity index (χ0) is 18.5. The SMILES string of the molecule is O=C(NC(CN1CCOCC1)c1ccccc1)c1ccc2c(c1)OCCO2. The summed E-state index contributed by atoms with van der Waals surface area (Å²) in [5.74, 6) is 1.19. The molecule has 2 aliphatic rings. The first-order chi connectivity index (χ1) is 13.3. The molecule has 0 spiro atoms. The normalized spacial score (nSPS) is 17.9. The van der Waals surface area contributed by atoms with Gasteiger partial charge in [0.05, 0.1) is 19.3 Å². The smallest absolute Gasteiger partial charge is 0.251 e. The maximum absolute atomic E-state index is 12.9. The molecule has 6 heteroatoms. The monoisotopic (exact) mass is 368 g/mol. The van der Waals surface area contributed by atoms with Crippen LogP contribution in [0.25, 0.3) is 0 Å². The van der Waals surface area contributed by atoms with Crippen LogP contribution in [0.1, 0.15) is 22.0 Å². The number of hydrogen-bond donors (Lipinski definition) is 1. The Labute approximate surface area is 159 Å². The molecule has 4 rings (SSSR count). The number of hydrogen-bond acceptors (Lipinski definition) is 5. The number of fused-ring (bicyclic) bond motifs is 1. The summed E-state index contributed by atoms with van der Waals surface area (Å²) in [7, 11) is 0. The van der Waals surface area contributed by atoms with Gasteiger partial charge >= 0.3 is 0 Å². The van der Waals surface area contributed by atoms with Crippen LogP contribution in [0, 0.1) is 0 Å². The summed E-state index contributed by atoms with van der Waals surface area (Å²) in [6.07, 6.45) is 0. The average Bonchev–Trinajstić information content (AvgIpc) is 2.74. The summed E-state index contributed by atoms with van der Waals surface area (Å²) >= 11 is 0. The highest BCUT2D eigenvalue weighted by Crippen LogP contribution is 2.31. The lowest BCUT2D eigenvalue weighted by molar-refractivity contribution is 0.0332. The number of morpholine rings is 1. The molecule has 1 amide bonds. The molecule has 0 radical (unpaired) electrons. The first-order valence-electron chi connectivity index (χ1n) is 9.35. The summed E-state index contributed by atoms with van der Waals surface area (Å²) in [6.45, 7) is 5.02. The second-order valence-corrected chi connectivity index (χ2v) is 6.71. The predicted octanol–water partition coefficient (Wildman–Crippen LogP) is 2.26. The molecule has 6 nitrogen and oxygen atoms in total. The van der Waals surface area contributed by atoms with Gasteiger partial charge in [-0.1, -0.05) is 30.3 Å². The van der Waals surface area contributed by atoms with E-state index in [0.717, 1.165) is 38.4 Å². The van der Waals surface area contributed by atoms with Crippen LogP contribution in [0.5, 0.6) is 11.5 Å². The maximum atomic E-state index is 12.9. The second-order valence-electron chi connectivity index (χ2n) is 6.71. The second kappa shape index (κ2) is 8.41. The van der Waals surface area contributed by atoms with E-state index in [1.807, 2.05) is 18.2 Å². The predicted molar refractivity (Wildman–Crippen MR) is 101 cm³/mol. The van der Waals surface area contributed by atoms with Crippen molar-refractivity contribution in [2.45, 2.75) is 6.04 Å². The van der Waals surface area contributed by atoms with Gasteiger partial charge in [0, 0.05) is 25.2 Å². The molecule has 2 aliphatic heterocycles. The topological polar surface area (TPSA) is 60.0 Å². The Morgan fingerprint density at radius 1 is 0.963 bits per heavy atom. The van der Waals surface area contributed by atoms with Crippen molar-refractivity contribution in [2.24, 2.45) is 0 Å². The minimum Gasteiger partial charge on any atom is -0.486 e. The Morgan fingerprint density at radius 3 is 2.48 bits per heavy atom. The Hall–Kier alpha value is -2.57. The van der Waals surface area contributed by atoms with Crippen LogP contribution in [0.4, 0.5) is 0 Å². The maximum Gasteiger partial charge on any atom is 0.251 e. The van der Waals surface area contributed by atoms with Gasteiger partial charge in [0.2, 0.25) is 0 Å². The standard InChI is InChI=1S/C21H24N2O4/c24-21(17-6-7-19-20(14-17)27-13-12-26-19)22-18(16-4-2-1-3-5-16)15-23-8-10-25-11-9-23/h1-7,14,18H,8-13,15H2,(H,22,24). The number of benzene rings is 2. The lowest BCUT2D eigenvalue weighted by atomic mass is 10.0. The van der Waals surface area contributed by atoms with Crippen molar-refractivity contribution in [3.63, 3.8) is 0 Å². The van der Waals surface area contributed by atoms with Gasteiger partial charge in [0.15, 0.2) is 11.5 Å². The van der Waals surface area contributed by atoms with Gasteiger partial charge in [-0.25, -0.2) is 0 Å². The molecule has 0 aromatic heterocycles. The van der Waals surface area contributed by atoms with E-state index in [2.05, 4.69) is 22.3 Å². The van der Waals surface area contributed by atoms with E-state index in [0.29, 0.717) is 30.3 Å². The van der Waals surface area contributed by atoms with Crippen molar-refractivity contribution < 1.29 is 19.0 Å². The van der Waals surface area contributed by atoms with Gasteiger partial charge in [0.1, 0.15) is 13.2 Å². The molecule has 2 aromatic carbocycles. The van der Waals surface area contributed by atoms with Crippen molar-refractivity contribution in [1.82, 2.24) is 10.2 Å². The number of nitrogens with one attached hydrogen (secondary N) is 1. The molecule has 1 saturated heterocycles. The molecule has 142 valence electrons. The molecule has 0 saturated carbocycles. The molecule has 1 unspecified atom stereocenters. The molecular weight excluding hydrogens is 344 g/mol. The van der Waals surface area contributed by atoms with Crippen LogP contribution in [0.3, 0.4) is 0 Å². The van der Waals surface area contributed by atoms with E-state index >= 15 is 0 Å². The molecule has 1 N–H and O–H groups in total. The van der Waals surface area contributed by atoms with Gasteiger partial charge in [0.25, 0.3) is 5.91 Å². The third kappa shape index (κ3) is 4.40. The summed E-state index contributed by atoms with van der Waals surface area (Å²) in [6, 6.07) is 15.3. The van der Waals surface area contributed by atoms with Gasteiger partial charge in [-0.2, -0.15) is 0 Å². The van der Waals surface area contributed by atoms with Gasteiger partial charge in [-0.3, -0.25) is 9.69 Å². The first-order valence-corrected chi connectivity index (χ1v) is 9.35. The fourth-order valence-corrected chi connectivity index (χ4v) is 3.39. The molecule has 27 heavy (non-hydrogen) atoms. The van der Waals surface area contributed by atoms with Gasteiger partial charge < -0.3 is 19.5 Å². The molecule has 2 heterocycles. The minimum absolute atomic E-state index is 0.0926. The van der Waals surface area contributed by atoms with Crippen LogP contribution in [-0.4, -0.2) is 56.9 Å². The van der Waals surface area contributed by atoms with Crippen LogP contribution in [0.15, 0.2) is 48.5 Å². The van der Waals surface area contributed by atoms with E-state index in [-0.39, 0.29) is 11.9 Å². The number of carbonyl (C=O) groups excluding carboxylic acids is 1. The lowest BCUT2D eigenvalue weighted by Crippen LogP contribution is -2.43. The van der Waals surface area contributed by atoms with Crippen molar-refractivity contribution in [2.75, 3.05) is 46.1 Å². The van der Waals surface area contributed by atoms with Crippen molar-refractivity contribution in [3.8, 4) is 11.5 Å². The Balaban J connectivity index is 1.50. The zero-order valence-corrected chi connectivity index (χ0v) is 15.2. The fraction of sp³-hybridized carbons (Fsp3) is 0.381. The highest BCUT2D eigenvalue weighted by molar-refractivity contribution is 5.95. The Bertz CT molecular complexity index is 775. The van der Waals surface area contributed by atoms with E-state index in [4.69, 9.17) is 14.2 Å². The fourth-order valence-electron chi connectivity index (χ4n) is 3.39. The number of amides is 1. The molecule has 1 atom stereocenters. The number of nitrogens with zero attached hydrogens (tertiary/aromatic N) is 1. The third-order valence-electron chi connectivity index (χ3n) is 4.86. The average molecular weight is 368 g/mol. The largest absolute Gasteiger partial charge is 0.486 e. The highest BCUT2D eigenvalue weighted by Gasteiger charge is 2.22. The molecule has 0 bridgehead atoms. The molecule has 2 aromatic rings. The summed E-state index contributed by atoms with van der Waals surface area (Å²) < 4.78 is 16.6. The number of carbonyl (C=O) groups is 1. The molecule has 1 fully saturated rings. The van der Waals surface area contributed by atoms with E-state index in [9.17, 15) is 4.79 Å². The number of rotatable bonds is 5. The van der Waals surface area contributed by atoms with Crippen molar-refractivity contribution in [1.29, 1.82) is 0 Å². The summed E-state index contributed by atoms with van der Waals surface area (Å²) in [5, 5.41) is 3.19. The van der Waals surface area contributed by atoms with Crippen LogP contribution in [0.2, 0.25) is 0 Å². The zero-order valence-electron chi connectivity index (χ0n) is 15.2. The van der Waals surface area contributed by atoms with E-state index < -0.39 is 0 Å². The van der Waals surface area contributed by atoms with E-state index in [1.165, 1.54) is 0 Å². The van der Waals surface area contributed by atoms with Gasteiger partial charge in [-0.15, -0.1) is 0 Å². The van der Waals surface area contributed by atoms with Crippen LogP contribution < -0.4 is 14.8 Å². The molecular formula is C21H24N2O4. The Kier molecular flexibility index (Phi) is 5.55. The number of ether oxygens (including phenoxy) is 3. The minimum atomic E-state index is -0.117. The van der Waals surface area contributed by atoms with E-state index in [1.54, 1.807) is 18.2 Å². The first kappa shape index (κ1) is 17.8. The quantitative estimate of drug-likeness (QED) is 0.877. The Morgan fingerprint density at radius 2 is 1.70 bits per heavy atom. The molecule has 0 aliphatic carbocycles.